The SMILES string of the molecule is COC(=O)[C@@H]1[C@@H]2CC[C@H]1CN(c1ncc(-c3ccc4nc5c(n4c3)[C@@H](c3ccccc3OC(F)F)CC5(C)O)cn1)C2. The van der Waals surface area contributed by atoms with E-state index < -0.39 is 18.1 Å². The van der Waals surface area contributed by atoms with Gasteiger partial charge in [-0.1, -0.05) is 18.2 Å². The fourth-order valence-electron chi connectivity index (χ4n) is 7.32. The third-order valence-electron chi connectivity index (χ3n) is 9.17. The molecule has 7 rings (SSSR count). The molecule has 0 spiro atoms. The Hall–Kier alpha value is -4.12. The van der Waals surface area contributed by atoms with Crippen molar-refractivity contribution in [3.63, 3.8) is 0 Å². The maximum absolute atomic E-state index is 13.2. The van der Waals surface area contributed by atoms with Crippen molar-refractivity contribution in [1.82, 2.24) is 19.4 Å². The molecule has 1 aromatic carbocycles. The highest BCUT2D eigenvalue weighted by molar-refractivity contribution is 5.74. The van der Waals surface area contributed by atoms with Crippen molar-refractivity contribution in [3.8, 4) is 16.9 Å². The van der Waals surface area contributed by atoms with Crippen LogP contribution in [0.5, 0.6) is 5.75 Å². The third kappa shape index (κ3) is 4.38. The Kier molecular flexibility index (Phi) is 6.38. The van der Waals surface area contributed by atoms with Gasteiger partial charge in [-0.05, 0) is 56.2 Å². The van der Waals surface area contributed by atoms with Gasteiger partial charge in [-0.15, -0.1) is 0 Å². The number of para-hydroxylation sites is 1. The summed E-state index contributed by atoms with van der Waals surface area (Å²) in [5.74, 6) is 0.632. The van der Waals surface area contributed by atoms with Crippen molar-refractivity contribution in [3.05, 3.63) is 71.9 Å². The molecular formula is C31H31F2N5O4. The highest BCUT2D eigenvalue weighted by Crippen LogP contribution is 2.50. The predicted octanol–water partition coefficient (Wildman–Crippen LogP) is 4.77. The first-order valence-electron chi connectivity index (χ1n) is 14.2. The van der Waals surface area contributed by atoms with E-state index in [-0.39, 0.29) is 35.9 Å². The molecule has 2 bridgehead atoms. The number of carbonyl (C=O) groups excluding carboxylic acids is 1. The summed E-state index contributed by atoms with van der Waals surface area (Å²) in [7, 11) is 1.45. The van der Waals surface area contributed by atoms with Crippen LogP contribution in [0.15, 0.2) is 55.0 Å². The van der Waals surface area contributed by atoms with Crippen LogP contribution in [0.25, 0.3) is 16.8 Å². The number of aromatic nitrogens is 4. The number of benzene rings is 1. The molecule has 0 amide bonds. The lowest BCUT2D eigenvalue weighted by atomic mass is 9.85. The van der Waals surface area contributed by atoms with Crippen LogP contribution in [0.1, 0.15) is 49.1 Å². The van der Waals surface area contributed by atoms with Crippen molar-refractivity contribution < 1.29 is 28.2 Å². The van der Waals surface area contributed by atoms with Gasteiger partial charge < -0.3 is 23.9 Å². The molecule has 1 saturated heterocycles. The number of carbonyl (C=O) groups is 1. The normalized spacial score (nSPS) is 26.6. The summed E-state index contributed by atoms with van der Waals surface area (Å²) in [6, 6.07) is 10.5. The Balaban J connectivity index is 1.20. The lowest BCUT2D eigenvalue weighted by molar-refractivity contribution is -0.148. The van der Waals surface area contributed by atoms with E-state index in [1.165, 1.54) is 13.2 Å². The van der Waals surface area contributed by atoms with Gasteiger partial charge >= 0.3 is 12.6 Å². The summed E-state index contributed by atoms with van der Waals surface area (Å²) in [6.07, 6.45) is 7.78. The van der Waals surface area contributed by atoms with Gasteiger partial charge in [0, 0.05) is 54.3 Å². The predicted molar refractivity (Wildman–Crippen MR) is 149 cm³/mol. The zero-order valence-corrected chi connectivity index (χ0v) is 23.3. The molecule has 42 heavy (non-hydrogen) atoms. The maximum Gasteiger partial charge on any atom is 0.387 e. The van der Waals surface area contributed by atoms with Gasteiger partial charge in [0.1, 0.15) is 17.0 Å². The van der Waals surface area contributed by atoms with Gasteiger partial charge in [0.15, 0.2) is 0 Å². The summed E-state index contributed by atoms with van der Waals surface area (Å²) in [4.78, 5) is 28.5. The molecule has 4 aromatic rings. The minimum atomic E-state index is -2.96. The van der Waals surface area contributed by atoms with E-state index in [4.69, 9.17) is 14.5 Å². The molecular weight excluding hydrogens is 544 g/mol. The van der Waals surface area contributed by atoms with E-state index in [9.17, 15) is 18.7 Å². The number of aliphatic hydroxyl groups is 1. The lowest BCUT2D eigenvalue weighted by Gasteiger charge is -2.36. The second-order valence-electron chi connectivity index (χ2n) is 11.8. The van der Waals surface area contributed by atoms with E-state index in [0.717, 1.165) is 42.8 Å². The Labute approximate surface area is 241 Å². The Morgan fingerprint density at radius 3 is 2.48 bits per heavy atom. The lowest BCUT2D eigenvalue weighted by Crippen LogP contribution is -2.45. The molecule has 3 aliphatic rings. The smallest absolute Gasteiger partial charge is 0.387 e. The van der Waals surface area contributed by atoms with Crippen molar-refractivity contribution in [1.29, 1.82) is 0 Å². The Morgan fingerprint density at radius 1 is 1.07 bits per heavy atom. The van der Waals surface area contributed by atoms with Gasteiger partial charge in [-0.2, -0.15) is 8.78 Å². The van der Waals surface area contributed by atoms with Gasteiger partial charge in [0.2, 0.25) is 5.95 Å². The highest BCUT2D eigenvalue weighted by Gasteiger charge is 2.47. The van der Waals surface area contributed by atoms with Gasteiger partial charge in [0.25, 0.3) is 0 Å². The minimum Gasteiger partial charge on any atom is -0.469 e. The number of ether oxygens (including phenoxy) is 2. The van der Waals surface area contributed by atoms with Crippen LogP contribution in [0.4, 0.5) is 14.7 Å². The molecule has 2 fully saturated rings. The number of methoxy groups -OCH3 is 1. The number of anilines is 1. The number of alkyl halides is 2. The van der Waals surface area contributed by atoms with Crippen molar-refractivity contribution >= 4 is 17.6 Å². The van der Waals surface area contributed by atoms with Crippen LogP contribution >= 0.6 is 0 Å². The first-order chi connectivity index (χ1) is 20.2. The zero-order valence-electron chi connectivity index (χ0n) is 23.3. The minimum absolute atomic E-state index is 0.0485. The molecule has 2 aliphatic carbocycles. The molecule has 0 radical (unpaired) electrons. The number of hydrogen-bond acceptors (Lipinski definition) is 8. The quantitative estimate of drug-likeness (QED) is 0.328. The average molecular weight is 576 g/mol. The Bertz CT molecular complexity index is 1640. The molecule has 3 aromatic heterocycles. The first kappa shape index (κ1) is 26.8. The first-order valence-corrected chi connectivity index (χ1v) is 14.2. The topological polar surface area (TPSA) is 102 Å². The highest BCUT2D eigenvalue weighted by atomic mass is 19.3. The zero-order chi connectivity index (χ0) is 29.2. The number of fused-ring (bicyclic) bond motifs is 5. The summed E-state index contributed by atoms with van der Waals surface area (Å²) < 4.78 is 38.2. The van der Waals surface area contributed by atoms with E-state index in [0.29, 0.717) is 22.9 Å². The van der Waals surface area contributed by atoms with E-state index >= 15 is 0 Å². The molecule has 4 heterocycles. The summed E-state index contributed by atoms with van der Waals surface area (Å²) in [6.45, 7) is 0.183. The standard InChI is InChI=1S/C31H31F2N5O4/c1-31(40)11-22(21-5-3-4-6-23(21)42-29(32)33)26-27(31)36-24-10-9-17(16-38(24)26)20-12-34-30(35-13-20)37-14-18-7-8-19(15-37)25(18)28(39)41-2/h3-6,9-10,12-13,16,18-19,22,25,29,40H,7-8,11,14-15H2,1-2H3/t18-,19+,22-,25-,31?/m1/s1. The number of pyridine rings is 1. The molecule has 1 N–H and O–H groups in total. The molecule has 1 aliphatic heterocycles. The van der Waals surface area contributed by atoms with Crippen molar-refractivity contribution in [2.24, 2.45) is 17.8 Å². The van der Waals surface area contributed by atoms with Crippen LogP contribution in [-0.2, 0) is 15.1 Å². The molecule has 1 saturated carbocycles. The summed E-state index contributed by atoms with van der Waals surface area (Å²) >= 11 is 0. The van der Waals surface area contributed by atoms with Crippen molar-refractivity contribution in [2.45, 2.75) is 44.3 Å². The average Bonchev–Trinajstić information content (AvgIpc) is 3.59. The van der Waals surface area contributed by atoms with Gasteiger partial charge in [0.05, 0.1) is 24.4 Å². The Morgan fingerprint density at radius 2 is 1.79 bits per heavy atom. The van der Waals surface area contributed by atoms with Gasteiger partial charge in [-0.3, -0.25) is 4.79 Å². The van der Waals surface area contributed by atoms with Crippen molar-refractivity contribution in [2.75, 3.05) is 25.1 Å². The van der Waals surface area contributed by atoms with E-state index in [1.807, 2.05) is 22.7 Å². The number of esters is 1. The monoisotopic (exact) mass is 575 g/mol. The number of hydrogen-bond donors (Lipinski definition) is 1. The maximum atomic E-state index is 13.2. The van der Waals surface area contributed by atoms with E-state index in [2.05, 4.69) is 14.9 Å². The molecule has 218 valence electrons. The van der Waals surface area contributed by atoms with Crippen LogP contribution in [0.3, 0.4) is 0 Å². The van der Waals surface area contributed by atoms with Gasteiger partial charge in [-0.25, -0.2) is 15.0 Å². The second-order valence-corrected chi connectivity index (χ2v) is 11.8. The number of halogens is 2. The molecule has 11 heteroatoms. The fourth-order valence-corrected chi connectivity index (χ4v) is 7.32. The molecule has 9 nitrogen and oxygen atoms in total. The molecule has 5 atom stereocenters. The number of rotatable bonds is 6. The number of imidazole rings is 1. The van der Waals surface area contributed by atoms with Crippen LogP contribution in [0, 0.1) is 17.8 Å². The van der Waals surface area contributed by atoms with E-state index in [1.54, 1.807) is 37.5 Å². The number of piperidine rings is 1. The third-order valence-corrected chi connectivity index (χ3v) is 9.17. The van der Waals surface area contributed by atoms with Crippen LogP contribution < -0.4 is 9.64 Å². The van der Waals surface area contributed by atoms with Crippen LogP contribution in [0.2, 0.25) is 0 Å². The fraction of sp³-hybridized carbons (Fsp3) is 0.419. The number of nitrogens with zero attached hydrogens (tertiary/aromatic N) is 5. The van der Waals surface area contributed by atoms with Crippen LogP contribution in [-0.4, -0.2) is 57.2 Å². The summed E-state index contributed by atoms with van der Waals surface area (Å²) in [5.41, 5.74) is 2.88. The largest absolute Gasteiger partial charge is 0.469 e. The summed E-state index contributed by atoms with van der Waals surface area (Å²) in [5, 5.41) is 11.3. The molecule has 1 unspecified atom stereocenters. The second kappa shape index (κ2) is 10.0.